The fourth-order valence-electron chi connectivity index (χ4n) is 4.16. The minimum atomic E-state index is -0.163. The van der Waals surface area contributed by atoms with Crippen LogP contribution in [0.3, 0.4) is 0 Å². The molecule has 0 spiro atoms. The van der Waals surface area contributed by atoms with Gasteiger partial charge >= 0.3 is 0 Å². The third-order valence-corrected chi connectivity index (χ3v) is 6.05. The van der Waals surface area contributed by atoms with E-state index in [4.69, 9.17) is 11.6 Å². The van der Waals surface area contributed by atoms with E-state index in [9.17, 15) is 4.79 Å². The SMILES string of the molecule is CCC1CN(c2ncc(C(=O)NC)cc2Cl)CCN1C1CCN(C)CC1. The number of hydrogen-bond acceptors (Lipinski definition) is 5. The van der Waals surface area contributed by atoms with E-state index in [1.807, 2.05) is 0 Å². The van der Waals surface area contributed by atoms with Gasteiger partial charge in [0.2, 0.25) is 0 Å². The van der Waals surface area contributed by atoms with E-state index in [2.05, 4.69) is 39.0 Å². The van der Waals surface area contributed by atoms with Crippen molar-refractivity contribution in [1.82, 2.24) is 20.1 Å². The van der Waals surface area contributed by atoms with Gasteiger partial charge in [-0.15, -0.1) is 0 Å². The Hall–Kier alpha value is -1.37. The average molecular weight is 380 g/mol. The molecule has 1 aromatic heterocycles. The second-order valence-electron chi connectivity index (χ2n) is 7.39. The molecule has 144 valence electrons. The van der Waals surface area contributed by atoms with Crippen LogP contribution < -0.4 is 10.2 Å². The van der Waals surface area contributed by atoms with Crippen molar-refractivity contribution in [2.24, 2.45) is 0 Å². The zero-order valence-electron chi connectivity index (χ0n) is 16.0. The van der Waals surface area contributed by atoms with Gasteiger partial charge in [-0.25, -0.2) is 4.98 Å². The Kier molecular flexibility index (Phi) is 6.37. The average Bonchev–Trinajstić information content (AvgIpc) is 2.67. The lowest BCUT2D eigenvalue weighted by Crippen LogP contribution is -2.58. The summed E-state index contributed by atoms with van der Waals surface area (Å²) in [6, 6.07) is 2.93. The summed E-state index contributed by atoms with van der Waals surface area (Å²) in [6.07, 6.45) is 5.25. The molecule has 6 nitrogen and oxygen atoms in total. The van der Waals surface area contributed by atoms with Crippen LogP contribution in [-0.4, -0.2) is 79.6 Å². The summed E-state index contributed by atoms with van der Waals surface area (Å²) in [4.78, 5) is 23.7. The van der Waals surface area contributed by atoms with Gasteiger partial charge in [-0.2, -0.15) is 0 Å². The minimum absolute atomic E-state index is 0.163. The van der Waals surface area contributed by atoms with E-state index in [0.29, 0.717) is 22.7 Å². The molecule has 7 heteroatoms. The first-order valence-corrected chi connectivity index (χ1v) is 9.98. The minimum Gasteiger partial charge on any atom is -0.355 e. The van der Waals surface area contributed by atoms with Crippen molar-refractivity contribution in [3.05, 3.63) is 22.8 Å². The standard InChI is InChI=1S/C19H30ClN5O/c1-4-15-13-24(9-10-25(15)16-5-7-23(3)8-6-16)18-17(20)11-14(12-22-18)19(26)21-2/h11-12,15-16H,4-10,13H2,1-3H3,(H,21,26). The van der Waals surface area contributed by atoms with Gasteiger partial charge in [-0.05, 0) is 45.5 Å². The quantitative estimate of drug-likeness (QED) is 0.868. The van der Waals surface area contributed by atoms with Crippen LogP contribution in [0.1, 0.15) is 36.5 Å². The zero-order chi connectivity index (χ0) is 18.7. The number of piperazine rings is 1. The zero-order valence-corrected chi connectivity index (χ0v) is 16.8. The van der Waals surface area contributed by atoms with E-state index in [1.54, 1.807) is 19.3 Å². The molecule has 0 bridgehead atoms. The molecule has 2 aliphatic heterocycles. The topological polar surface area (TPSA) is 51.7 Å². The first-order valence-electron chi connectivity index (χ1n) is 9.60. The Bertz CT molecular complexity index is 632. The van der Waals surface area contributed by atoms with E-state index < -0.39 is 0 Å². The predicted octanol–water partition coefficient (Wildman–Crippen LogP) is 2.09. The van der Waals surface area contributed by atoms with Crippen LogP contribution >= 0.6 is 11.6 Å². The number of carbonyl (C=O) groups is 1. The Balaban J connectivity index is 1.69. The molecular weight excluding hydrogens is 350 g/mol. The Morgan fingerprint density at radius 2 is 2.04 bits per heavy atom. The first kappa shape index (κ1) is 19.4. The molecule has 1 N–H and O–H groups in total. The second kappa shape index (κ2) is 8.55. The number of rotatable bonds is 4. The number of pyridine rings is 1. The molecule has 0 radical (unpaired) electrons. The van der Waals surface area contributed by atoms with Crippen molar-refractivity contribution in [2.45, 2.75) is 38.3 Å². The van der Waals surface area contributed by atoms with E-state index in [0.717, 1.165) is 31.9 Å². The number of carbonyl (C=O) groups excluding carboxylic acids is 1. The van der Waals surface area contributed by atoms with Crippen molar-refractivity contribution in [3.8, 4) is 0 Å². The van der Waals surface area contributed by atoms with Gasteiger partial charge in [-0.1, -0.05) is 18.5 Å². The van der Waals surface area contributed by atoms with E-state index in [-0.39, 0.29) is 5.91 Å². The number of aromatic nitrogens is 1. The molecule has 0 saturated carbocycles. The summed E-state index contributed by atoms with van der Waals surface area (Å²) < 4.78 is 0. The molecule has 3 heterocycles. The number of halogens is 1. The highest BCUT2D eigenvalue weighted by molar-refractivity contribution is 6.33. The summed E-state index contributed by atoms with van der Waals surface area (Å²) >= 11 is 6.45. The monoisotopic (exact) mass is 379 g/mol. The molecule has 0 aromatic carbocycles. The van der Waals surface area contributed by atoms with Crippen LogP contribution in [0, 0.1) is 0 Å². The van der Waals surface area contributed by atoms with E-state index in [1.165, 1.54) is 25.9 Å². The number of hydrogen-bond donors (Lipinski definition) is 1. The van der Waals surface area contributed by atoms with Gasteiger partial charge in [-0.3, -0.25) is 9.69 Å². The Morgan fingerprint density at radius 3 is 2.65 bits per heavy atom. The number of amides is 1. The van der Waals surface area contributed by atoms with Crippen molar-refractivity contribution in [2.75, 3.05) is 51.7 Å². The van der Waals surface area contributed by atoms with Crippen LogP contribution in [0.2, 0.25) is 5.02 Å². The fraction of sp³-hybridized carbons (Fsp3) is 0.684. The first-order chi connectivity index (χ1) is 12.5. The molecule has 1 unspecified atom stereocenters. The van der Waals surface area contributed by atoms with Crippen molar-refractivity contribution < 1.29 is 4.79 Å². The van der Waals surface area contributed by atoms with Gasteiger partial charge < -0.3 is 15.1 Å². The summed E-state index contributed by atoms with van der Waals surface area (Å²) in [7, 11) is 3.82. The molecule has 1 atom stereocenters. The van der Waals surface area contributed by atoms with Crippen LogP contribution in [0.5, 0.6) is 0 Å². The Morgan fingerprint density at radius 1 is 1.31 bits per heavy atom. The highest BCUT2D eigenvalue weighted by Crippen LogP contribution is 2.29. The molecular formula is C19H30ClN5O. The van der Waals surface area contributed by atoms with Crippen LogP contribution in [0.4, 0.5) is 5.82 Å². The van der Waals surface area contributed by atoms with Gasteiger partial charge in [0, 0.05) is 45.0 Å². The molecule has 2 aliphatic rings. The van der Waals surface area contributed by atoms with Crippen molar-refractivity contribution in [1.29, 1.82) is 0 Å². The molecule has 0 aliphatic carbocycles. The van der Waals surface area contributed by atoms with Gasteiger partial charge in [0.25, 0.3) is 5.91 Å². The molecule has 2 fully saturated rings. The molecule has 1 aromatic rings. The lowest BCUT2D eigenvalue weighted by Gasteiger charge is -2.47. The number of nitrogens with zero attached hydrogens (tertiary/aromatic N) is 4. The lowest BCUT2D eigenvalue weighted by molar-refractivity contribution is 0.0701. The third-order valence-electron chi connectivity index (χ3n) is 5.77. The van der Waals surface area contributed by atoms with Crippen LogP contribution in [0.25, 0.3) is 0 Å². The summed E-state index contributed by atoms with van der Waals surface area (Å²) in [5, 5.41) is 3.16. The smallest absolute Gasteiger partial charge is 0.252 e. The largest absolute Gasteiger partial charge is 0.355 e. The van der Waals surface area contributed by atoms with Gasteiger partial charge in [0.15, 0.2) is 0 Å². The van der Waals surface area contributed by atoms with E-state index >= 15 is 0 Å². The lowest BCUT2D eigenvalue weighted by atomic mass is 9.98. The maximum atomic E-state index is 11.8. The number of anilines is 1. The second-order valence-corrected chi connectivity index (χ2v) is 7.80. The van der Waals surface area contributed by atoms with Crippen molar-refractivity contribution in [3.63, 3.8) is 0 Å². The predicted molar refractivity (Wildman–Crippen MR) is 106 cm³/mol. The highest BCUT2D eigenvalue weighted by Gasteiger charge is 2.33. The van der Waals surface area contributed by atoms with Gasteiger partial charge in [0.05, 0.1) is 10.6 Å². The summed E-state index contributed by atoms with van der Waals surface area (Å²) in [5.41, 5.74) is 0.498. The molecule has 3 rings (SSSR count). The molecule has 26 heavy (non-hydrogen) atoms. The number of piperidine rings is 1. The normalized spacial score (nSPS) is 23.2. The summed E-state index contributed by atoms with van der Waals surface area (Å²) in [5.74, 6) is 0.630. The molecule has 2 saturated heterocycles. The van der Waals surface area contributed by atoms with Crippen molar-refractivity contribution >= 4 is 23.3 Å². The maximum absolute atomic E-state index is 11.8. The fourth-order valence-corrected chi connectivity index (χ4v) is 4.45. The Labute approximate surface area is 161 Å². The molecule has 1 amide bonds. The number of nitrogens with one attached hydrogen (secondary N) is 1. The maximum Gasteiger partial charge on any atom is 0.252 e. The highest BCUT2D eigenvalue weighted by atomic mass is 35.5. The summed E-state index contributed by atoms with van der Waals surface area (Å²) in [6.45, 7) is 7.55. The third kappa shape index (κ3) is 4.13. The number of likely N-dealkylation sites (tertiary alicyclic amines) is 1. The van der Waals surface area contributed by atoms with Crippen LogP contribution in [-0.2, 0) is 0 Å². The van der Waals surface area contributed by atoms with Crippen LogP contribution in [0.15, 0.2) is 12.3 Å². The van der Waals surface area contributed by atoms with Gasteiger partial charge in [0.1, 0.15) is 5.82 Å².